The van der Waals surface area contributed by atoms with Crippen LogP contribution in [0.3, 0.4) is 0 Å². The Morgan fingerprint density at radius 1 is 1.50 bits per heavy atom. The number of hydrogen-bond acceptors (Lipinski definition) is 3. The normalized spacial score (nSPS) is 11.8. The van der Waals surface area contributed by atoms with Crippen LogP contribution < -0.4 is 0 Å². The molecule has 4 heteroatoms. The number of aliphatic hydroxyl groups excluding tert-OH is 1. The Bertz CT molecular complexity index is 194. The zero-order valence-electron chi connectivity index (χ0n) is 7.58. The van der Waals surface area contributed by atoms with Crippen LogP contribution in [0, 0.1) is 5.39 Å². The van der Waals surface area contributed by atoms with Crippen LogP contribution in [-0.2, 0) is 4.74 Å². The van der Waals surface area contributed by atoms with Gasteiger partial charge in [0.2, 0.25) is 5.39 Å². The maximum atomic E-state index is 9.02. The van der Waals surface area contributed by atoms with Gasteiger partial charge < -0.3 is 9.84 Å². The molecule has 0 saturated heterocycles. The molecular weight excluding hydrogens is 156 g/mol. The number of nitrogens with zero attached hydrogens (tertiary/aromatic N) is 2. The van der Waals surface area contributed by atoms with E-state index in [1.807, 2.05) is 0 Å². The van der Waals surface area contributed by atoms with Gasteiger partial charge in [0.15, 0.2) is 4.98 Å². The highest BCUT2D eigenvalue weighted by atomic mass is 16.6. The molecule has 0 atom stereocenters. The maximum Gasteiger partial charge on any atom is 0.440 e. The van der Waals surface area contributed by atoms with Crippen LogP contribution in [0.25, 0.3) is 4.98 Å². The molecule has 0 aromatic heterocycles. The molecule has 0 aliphatic heterocycles. The second kappa shape index (κ2) is 6.47. The van der Waals surface area contributed by atoms with Gasteiger partial charge in [-0.25, -0.2) is 0 Å². The standard InChI is InChI=1S/C8H14N2O2/c1-3-4-5-6-7(10-9)8(11)12-2/h3-6H2,1-2H3/p+1/b8-7-. The summed E-state index contributed by atoms with van der Waals surface area (Å²) in [5.41, 5.74) is 0.214. The summed E-state index contributed by atoms with van der Waals surface area (Å²) in [6, 6.07) is 0. The Morgan fingerprint density at radius 3 is 2.58 bits per heavy atom. The third-order valence-corrected chi connectivity index (χ3v) is 1.58. The number of rotatable bonds is 5. The average molecular weight is 171 g/mol. The molecule has 0 aliphatic carbocycles. The molecule has 0 unspecified atom stereocenters. The molecule has 0 bridgehead atoms. The third-order valence-electron chi connectivity index (χ3n) is 1.58. The smallest absolute Gasteiger partial charge is 0.440 e. The van der Waals surface area contributed by atoms with E-state index >= 15 is 0 Å². The summed E-state index contributed by atoms with van der Waals surface area (Å²) in [5.74, 6) is -0.298. The Morgan fingerprint density at radius 2 is 2.17 bits per heavy atom. The molecule has 0 fully saturated rings. The summed E-state index contributed by atoms with van der Waals surface area (Å²) in [5, 5.41) is 17.5. The Hall–Kier alpha value is -1.24. The second-order valence-electron chi connectivity index (χ2n) is 2.51. The van der Waals surface area contributed by atoms with Gasteiger partial charge in [-0.05, 0) is 6.42 Å². The van der Waals surface area contributed by atoms with E-state index in [0.717, 1.165) is 19.3 Å². The van der Waals surface area contributed by atoms with E-state index in [2.05, 4.69) is 16.6 Å². The summed E-state index contributed by atoms with van der Waals surface area (Å²) in [6.07, 6.45) is 3.58. The van der Waals surface area contributed by atoms with Gasteiger partial charge in [0.1, 0.15) is 0 Å². The van der Waals surface area contributed by atoms with Gasteiger partial charge in [-0.2, -0.15) is 0 Å². The summed E-state index contributed by atoms with van der Waals surface area (Å²) < 4.78 is 4.52. The van der Waals surface area contributed by atoms with E-state index in [1.54, 1.807) is 0 Å². The van der Waals surface area contributed by atoms with Gasteiger partial charge in [0.25, 0.3) is 0 Å². The van der Waals surface area contributed by atoms with Crippen LogP contribution in [0.2, 0.25) is 0 Å². The number of diazo groups is 1. The Labute approximate surface area is 72.5 Å². The predicted octanol–water partition coefficient (Wildman–Crippen LogP) is 2.79. The van der Waals surface area contributed by atoms with E-state index in [9.17, 15) is 0 Å². The number of allylic oxidation sites excluding steroid dienone is 1. The van der Waals surface area contributed by atoms with Gasteiger partial charge in [-0.1, -0.05) is 19.8 Å². The molecule has 0 rings (SSSR count). The molecule has 4 nitrogen and oxygen atoms in total. The van der Waals surface area contributed by atoms with Gasteiger partial charge in [0, 0.05) is 0 Å². The Balaban J connectivity index is 3.94. The van der Waals surface area contributed by atoms with E-state index < -0.39 is 0 Å². The summed E-state index contributed by atoms with van der Waals surface area (Å²) in [4.78, 5) is 2.94. The van der Waals surface area contributed by atoms with E-state index in [-0.39, 0.29) is 11.6 Å². The van der Waals surface area contributed by atoms with Crippen molar-refractivity contribution in [2.75, 3.05) is 7.11 Å². The van der Waals surface area contributed by atoms with Crippen molar-refractivity contribution in [2.24, 2.45) is 0 Å². The van der Waals surface area contributed by atoms with Crippen molar-refractivity contribution in [3.05, 3.63) is 16.6 Å². The molecule has 0 saturated carbocycles. The lowest BCUT2D eigenvalue weighted by Gasteiger charge is -1.93. The first-order valence-corrected chi connectivity index (χ1v) is 4.07. The van der Waals surface area contributed by atoms with E-state index in [4.69, 9.17) is 10.5 Å². The molecule has 0 spiro atoms. The molecule has 0 aromatic carbocycles. The summed E-state index contributed by atoms with van der Waals surface area (Å²) in [7, 11) is 1.33. The fourth-order valence-corrected chi connectivity index (χ4v) is 0.860. The zero-order valence-corrected chi connectivity index (χ0v) is 7.58. The van der Waals surface area contributed by atoms with E-state index in [1.165, 1.54) is 7.11 Å². The number of hydrogen-bond donors (Lipinski definition) is 1. The summed E-state index contributed by atoms with van der Waals surface area (Å²) >= 11 is 0. The van der Waals surface area contributed by atoms with Crippen molar-refractivity contribution < 1.29 is 9.84 Å². The van der Waals surface area contributed by atoms with Gasteiger partial charge in [-0.15, -0.1) is 0 Å². The van der Waals surface area contributed by atoms with Crippen molar-refractivity contribution >= 4 is 0 Å². The van der Waals surface area contributed by atoms with Gasteiger partial charge in [0.05, 0.1) is 13.5 Å². The minimum Gasteiger partial charge on any atom is -0.475 e. The number of unbranched alkanes of at least 4 members (excludes halogenated alkanes) is 2. The molecule has 0 aromatic rings. The average Bonchev–Trinajstić information content (AvgIpc) is 2.11. The quantitative estimate of drug-likeness (QED) is 0.393. The predicted molar refractivity (Wildman–Crippen MR) is 45.9 cm³/mol. The molecule has 0 amide bonds. The van der Waals surface area contributed by atoms with Crippen LogP contribution in [0.5, 0.6) is 0 Å². The first-order chi connectivity index (χ1) is 5.76. The molecular formula is C8H15N2O2+. The lowest BCUT2D eigenvalue weighted by Crippen LogP contribution is -1.90. The zero-order chi connectivity index (χ0) is 9.40. The van der Waals surface area contributed by atoms with Crippen molar-refractivity contribution in [2.45, 2.75) is 32.6 Å². The van der Waals surface area contributed by atoms with Crippen molar-refractivity contribution in [3.63, 3.8) is 0 Å². The number of methoxy groups -OCH3 is 1. The topological polar surface area (TPSA) is 57.6 Å². The van der Waals surface area contributed by atoms with Crippen molar-refractivity contribution in [1.29, 1.82) is 5.39 Å². The molecule has 0 aliphatic rings. The fourth-order valence-electron chi connectivity index (χ4n) is 0.860. The minimum atomic E-state index is -0.298. The van der Waals surface area contributed by atoms with Crippen LogP contribution in [0.4, 0.5) is 0 Å². The fraction of sp³-hybridized carbons (Fsp3) is 0.750. The molecule has 68 valence electrons. The monoisotopic (exact) mass is 171 g/mol. The van der Waals surface area contributed by atoms with Crippen LogP contribution >= 0.6 is 0 Å². The van der Waals surface area contributed by atoms with Gasteiger partial charge >= 0.3 is 11.6 Å². The number of aliphatic hydroxyl groups is 1. The number of ether oxygens (including phenoxy) is 1. The third kappa shape index (κ3) is 3.81. The summed E-state index contributed by atoms with van der Waals surface area (Å²) in [6.45, 7) is 2.08. The lowest BCUT2D eigenvalue weighted by molar-refractivity contribution is 0.131. The molecule has 0 heterocycles. The van der Waals surface area contributed by atoms with Crippen LogP contribution in [-0.4, -0.2) is 12.2 Å². The minimum absolute atomic E-state index is 0.214. The van der Waals surface area contributed by atoms with E-state index in [0.29, 0.717) is 6.42 Å². The van der Waals surface area contributed by atoms with Crippen molar-refractivity contribution in [1.82, 2.24) is 0 Å². The second-order valence-corrected chi connectivity index (χ2v) is 2.51. The SMILES string of the molecule is CCCCC/C([N+]#N)=C(\O)OC. The molecule has 1 N–H and O–H groups in total. The highest BCUT2D eigenvalue weighted by Gasteiger charge is 2.18. The highest BCUT2D eigenvalue weighted by Crippen LogP contribution is 2.13. The maximum absolute atomic E-state index is 9.02. The Kier molecular flexibility index (Phi) is 5.80. The largest absolute Gasteiger partial charge is 0.475 e. The van der Waals surface area contributed by atoms with Gasteiger partial charge in [-0.3, -0.25) is 0 Å². The first kappa shape index (κ1) is 10.8. The molecule has 0 radical (unpaired) electrons. The first-order valence-electron chi connectivity index (χ1n) is 4.07. The lowest BCUT2D eigenvalue weighted by atomic mass is 10.2. The van der Waals surface area contributed by atoms with Crippen LogP contribution in [0.15, 0.2) is 11.6 Å². The highest BCUT2D eigenvalue weighted by molar-refractivity contribution is 5.08. The van der Waals surface area contributed by atoms with Crippen molar-refractivity contribution in [3.8, 4) is 0 Å². The van der Waals surface area contributed by atoms with Crippen LogP contribution in [0.1, 0.15) is 32.6 Å². The molecule has 12 heavy (non-hydrogen) atoms.